The lowest BCUT2D eigenvalue weighted by molar-refractivity contribution is -0.143. The third-order valence-electron chi connectivity index (χ3n) is 3.40. The van der Waals surface area contributed by atoms with Gasteiger partial charge in [-0.2, -0.15) is 13.2 Å². The number of carbonyl (C=O) groups excluding carboxylic acids is 1. The van der Waals surface area contributed by atoms with Gasteiger partial charge in [-0.05, 0) is 31.2 Å². The Balaban J connectivity index is 2.25. The molecular formula is C13H24F3N3O. The molecule has 0 aromatic carbocycles. The van der Waals surface area contributed by atoms with Crippen LogP contribution in [0, 0.1) is 11.8 Å². The van der Waals surface area contributed by atoms with Crippen molar-refractivity contribution in [2.75, 3.05) is 26.2 Å². The molecule has 0 bridgehead atoms. The Bertz CT molecular complexity index is 320. The SMILES string of the molecule is CC(C)C[C@@H](N)C(=O)NCC1CCN(CC(F)(F)F)C1. The largest absolute Gasteiger partial charge is 0.401 e. The molecule has 1 amide bonds. The van der Waals surface area contributed by atoms with Gasteiger partial charge >= 0.3 is 6.18 Å². The van der Waals surface area contributed by atoms with Crippen LogP contribution in [0.3, 0.4) is 0 Å². The molecule has 1 unspecified atom stereocenters. The maximum Gasteiger partial charge on any atom is 0.401 e. The van der Waals surface area contributed by atoms with Gasteiger partial charge in [0.25, 0.3) is 0 Å². The second-order valence-electron chi connectivity index (χ2n) is 5.99. The van der Waals surface area contributed by atoms with Crippen molar-refractivity contribution in [3.05, 3.63) is 0 Å². The summed E-state index contributed by atoms with van der Waals surface area (Å²) in [6.45, 7) is 4.30. The molecule has 1 heterocycles. The van der Waals surface area contributed by atoms with Gasteiger partial charge in [-0.25, -0.2) is 0 Å². The topological polar surface area (TPSA) is 58.4 Å². The number of rotatable bonds is 6. The van der Waals surface area contributed by atoms with Crippen molar-refractivity contribution in [3.8, 4) is 0 Å². The summed E-state index contributed by atoms with van der Waals surface area (Å²) in [4.78, 5) is 13.1. The molecule has 1 aliphatic heterocycles. The van der Waals surface area contributed by atoms with Crippen molar-refractivity contribution in [1.82, 2.24) is 10.2 Å². The fourth-order valence-electron chi connectivity index (χ4n) is 2.47. The quantitative estimate of drug-likeness (QED) is 0.778. The zero-order valence-electron chi connectivity index (χ0n) is 12.0. The summed E-state index contributed by atoms with van der Waals surface area (Å²) in [5.74, 6) is 0.199. The van der Waals surface area contributed by atoms with E-state index in [1.165, 1.54) is 4.90 Å². The van der Waals surface area contributed by atoms with E-state index in [0.717, 1.165) is 0 Å². The predicted molar refractivity (Wildman–Crippen MR) is 71.0 cm³/mol. The number of nitrogens with zero attached hydrogens (tertiary/aromatic N) is 1. The number of likely N-dealkylation sites (tertiary alicyclic amines) is 1. The normalized spacial score (nSPS) is 22.2. The third-order valence-corrected chi connectivity index (χ3v) is 3.40. The molecule has 1 aliphatic rings. The predicted octanol–water partition coefficient (Wildman–Crippen LogP) is 1.36. The number of alkyl halides is 3. The summed E-state index contributed by atoms with van der Waals surface area (Å²) >= 11 is 0. The van der Waals surface area contributed by atoms with Gasteiger partial charge in [0.2, 0.25) is 5.91 Å². The van der Waals surface area contributed by atoms with Crippen LogP contribution in [0.4, 0.5) is 13.2 Å². The molecule has 0 aromatic heterocycles. The van der Waals surface area contributed by atoms with Crippen molar-refractivity contribution in [3.63, 3.8) is 0 Å². The summed E-state index contributed by atoms with van der Waals surface area (Å²) in [7, 11) is 0. The van der Waals surface area contributed by atoms with E-state index in [4.69, 9.17) is 5.73 Å². The third kappa shape index (κ3) is 6.56. The molecule has 1 fully saturated rings. The van der Waals surface area contributed by atoms with Crippen molar-refractivity contribution in [1.29, 1.82) is 0 Å². The Hall–Kier alpha value is -0.820. The first-order valence-electron chi connectivity index (χ1n) is 6.99. The van der Waals surface area contributed by atoms with E-state index >= 15 is 0 Å². The fraction of sp³-hybridized carbons (Fsp3) is 0.923. The van der Waals surface area contributed by atoms with E-state index in [9.17, 15) is 18.0 Å². The van der Waals surface area contributed by atoms with E-state index in [1.807, 2.05) is 13.8 Å². The highest BCUT2D eigenvalue weighted by Crippen LogP contribution is 2.22. The monoisotopic (exact) mass is 295 g/mol. The molecule has 0 spiro atoms. The average molecular weight is 295 g/mol. The van der Waals surface area contributed by atoms with E-state index < -0.39 is 18.8 Å². The van der Waals surface area contributed by atoms with Crippen molar-refractivity contribution in [2.24, 2.45) is 17.6 Å². The van der Waals surface area contributed by atoms with E-state index in [0.29, 0.717) is 38.4 Å². The molecule has 4 nitrogen and oxygen atoms in total. The molecule has 2 atom stereocenters. The molecule has 3 N–H and O–H groups in total. The highest BCUT2D eigenvalue weighted by molar-refractivity contribution is 5.81. The van der Waals surface area contributed by atoms with Gasteiger partial charge < -0.3 is 11.1 Å². The molecule has 0 aliphatic carbocycles. The smallest absolute Gasteiger partial charge is 0.354 e. The summed E-state index contributed by atoms with van der Waals surface area (Å²) in [6, 6.07) is -0.539. The molecule has 0 radical (unpaired) electrons. The van der Waals surface area contributed by atoms with Gasteiger partial charge in [0.1, 0.15) is 0 Å². The van der Waals surface area contributed by atoms with Gasteiger partial charge in [-0.3, -0.25) is 9.69 Å². The van der Waals surface area contributed by atoms with E-state index in [-0.39, 0.29) is 11.8 Å². The first-order valence-corrected chi connectivity index (χ1v) is 6.99. The number of nitrogens with one attached hydrogen (secondary N) is 1. The van der Waals surface area contributed by atoms with Gasteiger partial charge in [0.05, 0.1) is 12.6 Å². The number of carbonyl (C=O) groups is 1. The number of nitrogens with two attached hydrogens (primary N) is 1. The lowest BCUT2D eigenvalue weighted by Gasteiger charge is -2.19. The van der Waals surface area contributed by atoms with Gasteiger partial charge in [0, 0.05) is 13.1 Å². The fourth-order valence-corrected chi connectivity index (χ4v) is 2.47. The van der Waals surface area contributed by atoms with Gasteiger partial charge in [0.15, 0.2) is 0 Å². The van der Waals surface area contributed by atoms with Crippen molar-refractivity contribution >= 4 is 5.91 Å². The molecular weight excluding hydrogens is 271 g/mol. The maximum absolute atomic E-state index is 12.2. The van der Waals surface area contributed by atoms with Crippen LogP contribution in [-0.2, 0) is 4.79 Å². The first kappa shape index (κ1) is 17.2. The molecule has 20 heavy (non-hydrogen) atoms. The Morgan fingerprint density at radius 3 is 2.65 bits per heavy atom. The summed E-state index contributed by atoms with van der Waals surface area (Å²) in [5, 5.41) is 2.74. The lowest BCUT2D eigenvalue weighted by atomic mass is 10.0. The first-order chi connectivity index (χ1) is 9.17. The minimum absolute atomic E-state index is 0.0764. The van der Waals surface area contributed by atoms with Crippen LogP contribution in [0.2, 0.25) is 0 Å². The lowest BCUT2D eigenvalue weighted by Crippen LogP contribution is -2.43. The summed E-state index contributed by atoms with van der Waals surface area (Å²) in [6.07, 6.45) is -2.87. The molecule has 0 aromatic rings. The maximum atomic E-state index is 12.2. The number of hydrogen-bond acceptors (Lipinski definition) is 3. The Morgan fingerprint density at radius 2 is 2.10 bits per heavy atom. The summed E-state index contributed by atoms with van der Waals surface area (Å²) < 4.78 is 36.7. The van der Waals surface area contributed by atoms with Crippen LogP contribution < -0.4 is 11.1 Å². The second kappa shape index (κ2) is 7.26. The molecule has 7 heteroatoms. The van der Waals surface area contributed by atoms with Crippen LogP contribution in [0.5, 0.6) is 0 Å². The van der Waals surface area contributed by atoms with Crippen LogP contribution in [0.25, 0.3) is 0 Å². The number of amides is 1. The van der Waals surface area contributed by atoms with E-state index in [1.54, 1.807) is 0 Å². The average Bonchev–Trinajstić information content (AvgIpc) is 2.70. The Kier molecular flexibility index (Phi) is 6.26. The molecule has 1 rings (SSSR count). The zero-order chi connectivity index (χ0) is 15.3. The van der Waals surface area contributed by atoms with Crippen LogP contribution >= 0.6 is 0 Å². The number of halogens is 3. The standard InChI is InChI=1S/C13H24F3N3O/c1-9(2)5-11(17)12(20)18-6-10-3-4-19(7-10)8-13(14,15)16/h9-11H,3-8,17H2,1-2H3,(H,18,20)/t10?,11-/m1/s1. The minimum atomic E-state index is -4.16. The van der Waals surface area contributed by atoms with Crippen molar-refractivity contribution < 1.29 is 18.0 Å². The minimum Gasteiger partial charge on any atom is -0.354 e. The Labute approximate surface area is 117 Å². The Morgan fingerprint density at radius 1 is 1.45 bits per heavy atom. The zero-order valence-corrected chi connectivity index (χ0v) is 12.0. The van der Waals surface area contributed by atoms with Gasteiger partial charge in [-0.15, -0.1) is 0 Å². The summed E-state index contributed by atoms with van der Waals surface area (Å²) in [5.41, 5.74) is 5.74. The highest BCUT2D eigenvalue weighted by Gasteiger charge is 2.34. The second-order valence-corrected chi connectivity index (χ2v) is 5.99. The molecule has 118 valence electrons. The van der Waals surface area contributed by atoms with E-state index in [2.05, 4.69) is 5.32 Å². The number of hydrogen-bond donors (Lipinski definition) is 2. The molecule has 0 saturated carbocycles. The highest BCUT2D eigenvalue weighted by atomic mass is 19.4. The van der Waals surface area contributed by atoms with Crippen molar-refractivity contribution in [2.45, 2.75) is 38.9 Å². The van der Waals surface area contributed by atoms with Crippen LogP contribution in [0.1, 0.15) is 26.7 Å². The van der Waals surface area contributed by atoms with Gasteiger partial charge in [-0.1, -0.05) is 13.8 Å². The van der Waals surface area contributed by atoms with Crippen LogP contribution in [-0.4, -0.2) is 49.2 Å². The molecule has 1 saturated heterocycles. The van der Waals surface area contributed by atoms with Crippen LogP contribution in [0.15, 0.2) is 0 Å².